The van der Waals surface area contributed by atoms with E-state index in [1.54, 1.807) is 0 Å². The average Bonchev–Trinajstić information content (AvgIpc) is 2.12. The van der Waals surface area contributed by atoms with Crippen molar-refractivity contribution in [2.75, 3.05) is 5.33 Å². The number of halogens is 3. The maximum absolute atomic E-state index is 11.5. The molecule has 0 atom stereocenters. The molecule has 0 heterocycles. The second kappa shape index (κ2) is 4.75. The molecule has 1 aromatic carbocycles. The normalized spacial score (nSPS) is 10.2. The standard InChI is InChI=1S/C9H7BrClIO/c1-5-2-3-6(12)8(9(5)11)7(13)4-10/h2-3H,4H2,1H3. The Labute approximate surface area is 104 Å². The second-order valence-electron chi connectivity index (χ2n) is 2.61. The number of carbonyl (C=O) groups excluding carboxylic acids is 1. The zero-order valence-electron chi connectivity index (χ0n) is 6.90. The maximum Gasteiger partial charge on any atom is 0.175 e. The van der Waals surface area contributed by atoms with Gasteiger partial charge in [-0.05, 0) is 41.1 Å². The van der Waals surface area contributed by atoms with Crippen LogP contribution in [0.5, 0.6) is 0 Å². The van der Waals surface area contributed by atoms with Gasteiger partial charge in [0, 0.05) is 3.57 Å². The fourth-order valence-electron chi connectivity index (χ4n) is 0.979. The highest BCUT2D eigenvalue weighted by Gasteiger charge is 2.14. The summed E-state index contributed by atoms with van der Waals surface area (Å²) in [4.78, 5) is 11.5. The number of hydrogen-bond donors (Lipinski definition) is 0. The summed E-state index contributed by atoms with van der Waals surface area (Å²) < 4.78 is 0.901. The summed E-state index contributed by atoms with van der Waals surface area (Å²) in [5.41, 5.74) is 1.56. The van der Waals surface area contributed by atoms with E-state index >= 15 is 0 Å². The van der Waals surface area contributed by atoms with E-state index in [4.69, 9.17) is 11.6 Å². The third-order valence-corrected chi connectivity index (χ3v) is 3.58. The van der Waals surface area contributed by atoms with Gasteiger partial charge in [-0.15, -0.1) is 0 Å². The van der Waals surface area contributed by atoms with Crippen molar-refractivity contribution in [1.82, 2.24) is 0 Å². The van der Waals surface area contributed by atoms with Gasteiger partial charge in [-0.3, -0.25) is 4.79 Å². The molecule has 0 saturated carbocycles. The molecule has 1 rings (SSSR count). The van der Waals surface area contributed by atoms with Crippen molar-refractivity contribution < 1.29 is 4.79 Å². The maximum atomic E-state index is 11.5. The topological polar surface area (TPSA) is 17.1 Å². The number of rotatable bonds is 2. The SMILES string of the molecule is Cc1ccc(I)c(C(=O)CBr)c1Cl. The van der Waals surface area contributed by atoms with E-state index in [0.717, 1.165) is 9.13 Å². The molecule has 1 aromatic rings. The van der Waals surface area contributed by atoms with Gasteiger partial charge >= 0.3 is 0 Å². The molecule has 13 heavy (non-hydrogen) atoms. The first-order chi connectivity index (χ1) is 6.07. The number of benzene rings is 1. The summed E-state index contributed by atoms with van der Waals surface area (Å²) in [6.07, 6.45) is 0. The van der Waals surface area contributed by atoms with E-state index in [9.17, 15) is 4.79 Å². The molecule has 0 saturated heterocycles. The zero-order valence-corrected chi connectivity index (χ0v) is 11.4. The summed E-state index contributed by atoms with van der Waals surface area (Å²) in [5.74, 6) is 0.0260. The van der Waals surface area contributed by atoms with Gasteiger partial charge in [0.1, 0.15) is 0 Å². The molecule has 0 aromatic heterocycles. The smallest absolute Gasteiger partial charge is 0.175 e. The fourth-order valence-corrected chi connectivity index (χ4v) is 2.44. The van der Waals surface area contributed by atoms with Crippen LogP contribution in [-0.2, 0) is 0 Å². The Hall–Kier alpha value is 0.390. The number of alkyl halides is 1. The molecule has 1 nitrogen and oxygen atoms in total. The van der Waals surface area contributed by atoms with Gasteiger partial charge in [0.05, 0.1) is 15.9 Å². The number of Topliss-reactive ketones (excluding diaryl/α,β-unsaturated/α-hetero) is 1. The summed E-state index contributed by atoms with van der Waals surface area (Å²) in [7, 11) is 0. The van der Waals surface area contributed by atoms with E-state index in [1.807, 2.05) is 19.1 Å². The van der Waals surface area contributed by atoms with Crippen molar-refractivity contribution in [3.05, 3.63) is 31.9 Å². The van der Waals surface area contributed by atoms with Crippen molar-refractivity contribution >= 4 is 55.9 Å². The largest absolute Gasteiger partial charge is 0.293 e. The summed E-state index contributed by atoms with van der Waals surface area (Å²) in [6.45, 7) is 1.89. The van der Waals surface area contributed by atoms with Crippen LogP contribution in [-0.4, -0.2) is 11.1 Å². The Bertz CT molecular complexity index is 352. The lowest BCUT2D eigenvalue weighted by atomic mass is 10.1. The second-order valence-corrected chi connectivity index (χ2v) is 4.71. The fraction of sp³-hybridized carbons (Fsp3) is 0.222. The van der Waals surface area contributed by atoms with Crippen LogP contribution in [0.3, 0.4) is 0 Å². The van der Waals surface area contributed by atoms with Gasteiger partial charge in [0.25, 0.3) is 0 Å². The van der Waals surface area contributed by atoms with Crippen LogP contribution in [0.1, 0.15) is 15.9 Å². The van der Waals surface area contributed by atoms with Crippen molar-refractivity contribution in [1.29, 1.82) is 0 Å². The first kappa shape index (κ1) is 11.5. The zero-order chi connectivity index (χ0) is 10.0. The monoisotopic (exact) mass is 372 g/mol. The number of ketones is 1. The molecule has 0 amide bonds. The van der Waals surface area contributed by atoms with E-state index in [-0.39, 0.29) is 5.78 Å². The van der Waals surface area contributed by atoms with Gasteiger partial charge in [-0.1, -0.05) is 33.6 Å². The molecule has 70 valence electrons. The number of carbonyl (C=O) groups is 1. The van der Waals surface area contributed by atoms with E-state index in [0.29, 0.717) is 15.9 Å². The molecule has 0 aliphatic rings. The van der Waals surface area contributed by atoms with Crippen LogP contribution >= 0.6 is 50.1 Å². The predicted molar refractivity (Wildman–Crippen MR) is 67.0 cm³/mol. The highest BCUT2D eigenvalue weighted by Crippen LogP contribution is 2.26. The van der Waals surface area contributed by atoms with E-state index < -0.39 is 0 Å². The molecule has 0 radical (unpaired) electrons. The van der Waals surface area contributed by atoms with Gasteiger partial charge < -0.3 is 0 Å². The Morgan fingerprint density at radius 3 is 2.77 bits per heavy atom. The summed E-state index contributed by atoms with van der Waals surface area (Å²) in [6, 6.07) is 3.81. The third-order valence-electron chi connectivity index (χ3n) is 1.68. The Balaban J connectivity index is 3.33. The van der Waals surface area contributed by atoms with Crippen LogP contribution in [0.2, 0.25) is 5.02 Å². The highest BCUT2D eigenvalue weighted by atomic mass is 127. The molecule has 0 fully saturated rings. The lowest BCUT2D eigenvalue weighted by Crippen LogP contribution is -2.04. The molecule has 4 heteroatoms. The summed E-state index contributed by atoms with van der Waals surface area (Å²) in [5, 5.41) is 0.878. The minimum atomic E-state index is 0.0260. The Morgan fingerprint density at radius 1 is 1.62 bits per heavy atom. The van der Waals surface area contributed by atoms with Crippen molar-refractivity contribution in [2.24, 2.45) is 0 Å². The van der Waals surface area contributed by atoms with Crippen LogP contribution in [0.15, 0.2) is 12.1 Å². The lowest BCUT2D eigenvalue weighted by molar-refractivity contribution is 0.102. The molecular weight excluding hydrogens is 366 g/mol. The van der Waals surface area contributed by atoms with Crippen LogP contribution in [0.4, 0.5) is 0 Å². The van der Waals surface area contributed by atoms with Crippen molar-refractivity contribution in [3.63, 3.8) is 0 Å². The Kier molecular flexibility index (Phi) is 4.19. The molecule has 0 N–H and O–H groups in total. The molecule has 0 aliphatic carbocycles. The van der Waals surface area contributed by atoms with Gasteiger partial charge in [0.15, 0.2) is 5.78 Å². The molecule has 0 bridgehead atoms. The van der Waals surface area contributed by atoms with Gasteiger partial charge in [-0.25, -0.2) is 0 Å². The third kappa shape index (κ3) is 2.44. The predicted octanol–water partition coefficient (Wildman–Crippen LogP) is 3.83. The Morgan fingerprint density at radius 2 is 2.23 bits per heavy atom. The molecule has 0 aliphatic heterocycles. The lowest BCUT2D eigenvalue weighted by Gasteiger charge is -2.06. The quantitative estimate of drug-likeness (QED) is 0.437. The molecule has 0 spiro atoms. The minimum absolute atomic E-state index is 0.0260. The van der Waals surface area contributed by atoms with Crippen molar-refractivity contribution in [2.45, 2.75) is 6.92 Å². The van der Waals surface area contributed by atoms with Crippen LogP contribution in [0, 0.1) is 10.5 Å². The molecule has 0 unspecified atom stereocenters. The van der Waals surface area contributed by atoms with Crippen LogP contribution in [0.25, 0.3) is 0 Å². The van der Waals surface area contributed by atoms with E-state index in [2.05, 4.69) is 38.5 Å². The van der Waals surface area contributed by atoms with Gasteiger partial charge in [-0.2, -0.15) is 0 Å². The highest BCUT2D eigenvalue weighted by molar-refractivity contribution is 14.1. The van der Waals surface area contributed by atoms with Crippen molar-refractivity contribution in [3.8, 4) is 0 Å². The average molecular weight is 373 g/mol. The number of aryl methyl sites for hydroxylation is 1. The number of hydrogen-bond acceptors (Lipinski definition) is 1. The van der Waals surface area contributed by atoms with E-state index in [1.165, 1.54) is 0 Å². The molecular formula is C9H7BrClIO. The summed E-state index contributed by atoms with van der Waals surface area (Å²) >= 11 is 11.3. The van der Waals surface area contributed by atoms with Crippen LogP contribution < -0.4 is 0 Å². The first-order valence-corrected chi connectivity index (χ1v) is 6.19. The van der Waals surface area contributed by atoms with Gasteiger partial charge in [0.2, 0.25) is 0 Å². The first-order valence-electron chi connectivity index (χ1n) is 3.61. The minimum Gasteiger partial charge on any atom is -0.293 e.